The van der Waals surface area contributed by atoms with Crippen molar-refractivity contribution in [1.82, 2.24) is 9.55 Å². The van der Waals surface area contributed by atoms with Crippen molar-refractivity contribution >= 4 is 17.0 Å². The molecule has 0 bridgehead atoms. The Morgan fingerprint density at radius 2 is 1.96 bits per heavy atom. The maximum atomic E-state index is 11.2. The molecule has 2 aromatic carbocycles. The fraction of sp³-hybridized carbons (Fsp3) is 0.300. The lowest BCUT2D eigenvalue weighted by Gasteiger charge is -2.14. The second kappa shape index (κ2) is 6.59. The van der Waals surface area contributed by atoms with Crippen LogP contribution in [0, 0.1) is 13.8 Å². The van der Waals surface area contributed by atoms with Crippen LogP contribution in [0.4, 0.5) is 0 Å². The number of ether oxygens (including phenoxy) is 1. The molecule has 130 valence electrons. The van der Waals surface area contributed by atoms with Crippen LogP contribution in [0.15, 0.2) is 36.4 Å². The average molecular weight is 338 g/mol. The van der Waals surface area contributed by atoms with Gasteiger partial charge in [0.2, 0.25) is 0 Å². The van der Waals surface area contributed by atoms with Gasteiger partial charge in [0.05, 0.1) is 16.6 Å². The van der Waals surface area contributed by atoms with E-state index >= 15 is 0 Å². The minimum atomic E-state index is -0.950. The van der Waals surface area contributed by atoms with Crippen molar-refractivity contribution in [2.75, 3.05) is 0 Å². The van der Waals surface area contributed by atoms with Crippen LogP contribution in [-0.4, -0.2) is 20.6 Å². The third-order valence-electron chi connectivity index (χ3n) is 4.21. The van der Waals surface area contributed by atoms with Gasteiger partial charge >= 0.3 is 5.97 Å². The van der Waals surface area contributed by atoms with E-state index in [1.807, 2.05) is 25.1 Å². The molecule has 0 atom stereocenters. The maximum Gasteiger partial charge on any atom is 0.335 e. The first-order valence-electron chi connectivity index (χ1n) is 8.31. The summed E-state index contributed by atoms with van der Waals surface area (Å²) in [6.07, 6.45) is 0. The standard InChI is InChI=1S/C20H22N2O3/c1-12(2)22-17-7-6-15(20(23)24)10-16(17)21-19(22)11-25-18-8-5-13(3)9-14(18)4/h5-10,12H,11H2,1-4H3,(H,23,24). The molecule has 0 saturated heterocycles. The van der Waals surface area contributed by atoms with Gasteiger partial charge < -0.3 is 14.4 Å². The number of nitrogens with zero attached hydrogens (tertiary/aromatic N) is 2. The van der Waals surface area contributed by atoms with E-state index in [1.165, 1.54) is 5.56 Å². The molecule has 0 spiro atoms. The van der Waals surface area contributed by atoms with E-state index in [2.05, 4.69) is 36.4 Å². The number of carboxylic acid groups (broad SMARTS) is 1. The highest BCUT2D eigenvalue weighted by Gasteiger charge is 2.16. The predicted molar refractivity (Wildman–Crippen MR) is 97.3 cm³/mol. The molecule has 0 amide bonds. The van der Waals surface area contributed by atoms with Crippen LogP contribution >= 0.6 is 0 Å². The summed E-state index contributed by atoms with van der Waals surface area (Å²) in [6.45, 7) is 8.56. The molecule has 3 rings (SSSR count). The highest BCUT2D eigenvalue weighted by Crippen LogP contribution is 2.25. The van der Waals surface area contributed by atoms with E-state index in [9.17, 15) is 9.90 Å². The first-order chi connectivity index (χ1) is 11.9. The van der Waals surface area contributed by atoms with E-state index in [0.29, 0.717) is 12.1 Å². The molecule has 0 radical (unpaired) electrons. The van der Waals surface area contributed by atoms with Gasteiger partial charge in [-0.2, -0.15) is 0 Å². The summed E-state index contributed by atoms with van der Waals surface area (Å²) in [5, 5.41) is 9.18. The SMILES string of the molecule is Cc1ccc(OCc2nc3cc(C(=O)O)ccc3n2C(C)C)c(C)c1. The second-order valence-electron chi connectivity index (χ2n) is 6.56. The van der Waals surface area contributed by atoms with E-state index in [0.717, 1.165) is 22.7 Å². The quantitative estimate of drug-likeness (QED) is 0.743. The number of carboxylic acids is 1. The Morgan fingerprint density at radius 3 is 2.60 bits per heavy atom. The molecular weight excluding hydrogens is 316 g/mol. The zero-order chi connectivity index (χ0) is 18.1. The first kappa shape index (κ1) is 17.0. The van der Waals surface area contributed by atoms with Crippen molar-refractivity contribution < 1.29 is 14.6 Å². The molecule has 0 aliphatic carbocycles. The summed E-state index contributed by atoms with van der Waals surface area (Å²) < 4.78 is 8.06. The van der Waals surface area contributed by atoms with Gasteiger partial charge in [0.15, 0.2) is 0 Å². The third-order valence-corrected chi connectivity index (χ3v) is 4.21. The van der Waals surface area contributed by atoms with E-state index in [-0.39, 0.29) is 11.6 Å². The zero-order valence-electron chi connectivity index (χ0n) is 14.9. The summed E-state index contributed by atoms with van der Waals surface area (Å²) in [7, 11) is 0. The summed E-state index contributed by atoms with van der Waals surface area (Å²) in [5.74, 6) is 0.667. The van der Waals surface area contributed by atoms with Gasteiger partial charge in [0, 0.05) is 6.04 Å². The lowest BCUT2D eigenvalue weighted by atomic mass is 10.1. The van der Waals surface area contributed by atoms with Crippen molar-refractivity contribution in [3.63, 3.8) is 0 Å². The van der Waals surface area contributed by atoms with Crippen LogP contribution < -0.4 is 4.74 Å². The Bertz CT molecular complexity index is 942. The zero-order valence-corrected chi connectivity index (χ0v) is 14.9. The minimum Gasteiger partial charge on any atom is -0.485 e. The summed E-state index contributed by atoms with van der Waals surface area (Å²) in [5.41, 5.74) is 4.11. The van der Waals surface area contributed by atoms with Gasteiger partial charge in [-0.15, -0.1) is 0 Å². The molecule has 1 heterocycles. The monoisotopic (exact) mass is 338 g/mol. The fourth-order valence-electron chi connectivity index (χ4n) is 3.06. The highest BCUT2D eigenvalue weighted by molar-refractivity contribution is 5.92. The molecule has 5 nitrogen and oxygen atoms in total. The summed E-state index contributed by atoms with van der Waals surface area (Å²) in [4.78, 5) is 15.8. The topological polar surface area (TPSA) is 64.3 Å². The number of imidazole rings is 1. The molecule has 0 unspecified atom stereocenters. The third kappa shape index (κ3) is 3.36. The molecule has 5 heteroatoms. The van der Waals surface area contributed by atoms with Crippen molar-refractivity contribution in [2.24, 2.45) is 0 Å². The van der Waals surface area contributed by atoms with Crippen LogP contribution in [0.5, 0.6) is 5.75 Å². The Morgan fingerprint density at radius 1 is 1.20 bits per heavy atom. The number of fused-ring (bicyclic) bond motifs is 1. The Kier molecular flexibility index (Phi) is 4.49. The van der Waals surface area contributed by atoms with Crippen LogP contribution in [0.3, 0.4) is 0 Å². The van der Waals surface area contributed by atoms with Crippen molar-refractivity contribution in [3.8, 4) is 5.75 Å². The number of benzene rings is 2. The molecule has 0 aliphatic rings. The normalized spacial score (nSPS) is 11.2. The van der Waals surface area contributed by atoms with E-state index in [4.69, 9.17) is 4.74 Å². The van der Waals surface area contributed by atoms with Gasteiger partial charge in [0.1, 0.15) is 18.2 Å². The van der Waals surface area contributed by atoms with Gasteiger partial charge in [-0.1, -0.05) is 17.7 Å². The van der Waals surface area contributed by atoms with Crippen LogP contribution in [0.25, 0.3) is 11.0 Å². The average Bonchev–Trinajstić information content (AvgIpc) is 2.91. The fourth-order valence-corrected chi connectivity index (χ4v) is 3.06. The first-order valence-corrected chi connectivity index (χ1v) is 8.31. The minimum absolute atomic E-state index is 0.193. The molecule has 1 aromatic heterocycles. The smallest absolute Gasteiger partial charge is 0.335 e. The number of hydrogen-bond donors (Lipinski definition) is 1. The number of aromatic nitrogens is 2. The van der Waals surface area contributed by atoms with Gasteiger partial charge in [-0.3, -0.25) is 0 Å². The molecule has 0 aliphatic heterocycles. The molecule has 1 N–H and O–H groups in total. The number of aryl methyl sites for hydroxylation is 2. The lowest BCUT2D eigenvalue weighted by molar-refractivity contribution is 0.0697. The summed E-state index contributed by atoms with van der Waals surface area (Å²) in [6, 6.07) is 11.3. The van der Waals surface area contributed by atoms with Crippen molar-refractivity contribution in [2.45, 2.75) is 40.3 Å². The van der Waals surface area contributed by atoms with Gasteiger partial charge in [-0.25, -0.2) is 9.78 Å². The molecule has 25 heavy (non-hydrogen) atoms. The van der Waals surface area contributed by atoms with Crippen LogP contribution in [-0.2, 0) is 6.61 Å². The number of rotatable bonds is 5. The van der Waals surface area contributed by atoms with Crippen molar-refractivity contribution in [1.29, 1.82) is 0 Å². The van der Waals surface area contributed by atoms with Gasteiger partial charge in [0.25, 0.3) is 0 Å². The van der Waals surface area contributed by atoms with E-state index < -0.39 is 5.97 Å². The van der Waals surface area contributed by atoms with Crippen LogP contribution in [0.2, 0.25) is 0 Å². The summed E-state index contributed by atoms with van der Waals surface area (Å²) >= 11 is 0. The molecule has 0 fully saturated rings. The Labute approximate surface area is 146 Å². The molecule has 3 aromatic rings. The second-order valence-corrected chi connectivity index (χ2v) is 6.56. The Hall–Kier alpha value is -2.82. The number of aromatic carboxylic acids is 1. The van der Waals surface area contributed by atoms with E-state index in [1.54, 1.807) is 12.1 Å². The Balaban J connectivity index is 1.96. The maximum absolute atomic E-state index is 11.2. The highest BCUT2D eigenvalue weighted by atomic mass is 16.5. The van der Waals surface area contributed by atoms with Crippen LogP contribution in [0.1, 0.15) is 47.2 Å². The lowest BCUT2D eigenvalue weighted by Crippen LogP contribution is -2.09. The molecular formula is C20H22N2O3. The largest absolute Gasteiger partial charge is 0.485 e. The predicted octanol–water partition coefficient (Wildman–Crippen LogP) is 4.51. The number of carbonyl (C=O) groups is 1. The van der Waals surface area contributed by atoms with Crippen molar-refractivity contribution in [3.05, 3.63) is 58.9 Å². The number of hydrogen-bond acceptors (Lipinski definition) is 3. The van der Waals surface area contributed by atoms with Gasteiger partial charge in [-0.05, 0) is 57.5 Å². The molecule has 0 saturated carbocycles.